The van der Waals surface area contributed by atoms with Crippen molar-refractivity contribution in [1.29, 1.82) is 0 Å². The first-order chi connectivity index (χ1) is 7.79. The molecule has 0 aromatic carbocycles. The van der Waals surface area contributed by atoms with E-state index in [0.29, 0.717) is 26.2 Å². The maximum atomic E-state index is 11.6. The van der Waals surface area contributed by atoms with E-state index < -0.39 is 16.5 Å². The summed E-state index contributed by atoms with van der Waals surface area (Å²) < 4.78 is 21.0. The minimum Gasteiger partial charge on any atom is -0.771 e. The van der Waals surface area contributed by atoms with Crippen molar-refractivity contribution in [2.45, 2.75) is 20.8 Å². The van der Waals surface area contributed by atoms with Crippen molar-refractivity contribution in [2.75, 3.05) is 32.1 Å². The Balaban J connectivity index is 2.33. The van der Waals surface area contributed by atoms with Gasteiger partial charge in [0.15, 0.2) is 0 Å². The van der Waals surface area contributed by atoms with Crippen LogP contribution in [-0.4, -0.2) is 56.7 Å². The predicted molar refractivity (Wildman–Crippen MR) is 62.5 cm³/mol. The molecule has 0 N–H and O–H groups in total. The smallest absolute Gasteiger partial charge is 0.330 e. The Kier molecular flexibility index (Phi) is 5.05. The van der Waals surface area contributed by atoms with Gasteiger partial charge in [-0.3, -0.25) is 9.11 Å². The second-order valence-electron chi connectivity index (χ2n) is 5.11. The lowest BCUT2D eigenvalue weighted by atomic mass is 9.98. The van der Waals surface area contributed by atoms with Crippen LogP contribution in [0.2, 0.25) is 0 Å². The fourth-order valence-electron chi connectivity index (χ4n) is 1.35. The fraction of sp³-hybridized carbons (Fsp3) is 0.900. The van der Waals surface area contributed by atoms with Gasteiger partial charge in [0.25, 0.3) is 0 Å². The van der Waals surface area contributed by atoms with Crippen LogP contribution in [0.3, 0.4) is 0 Å². The fourth-order valence-corrected chi connectivity index (χ4v) is 1.91. The Morgan fingerprint density at radius 3 is 2.24 bits per heavy atom. The maximum Gasteiger partial charge on any atom is 0.330 e. The second-order valence-corrected chi connectivity index (χ2v) is 5.97. The van der Waals surface area contributed by atoms with E-state index in [-0.39, 0.29) is 11.8 Å². The van der Waals surface area contributed by atoms with E-state index in [1.807, 2.05) is 4.90 Å². The molecular weight excluding hydrogens is 244 g/mol. The lowest BCUT2D eigenvalue weighted by Gasteiger charge is -2.34. The summed E-state index contributed by atoms with van der Waals surface area (Å²) in [5.74, 6) is -0.223. The maximum absolute atomic E-state index is 11.6. The zero-order chi connectivity index (χ0) is 13.1. The lowest BCUT2D eigenvalue weighted by Crippen LogP contribution is -2.48. The molecule has 0 aliphatic carbocycles. The van der Waals surface area contributed by atoms with Crippen LogP contribution < -0.4 is 0 Å². The first-order valence-corrected chi connectivity index (χ1v) is 6.79. The van der Waals surface area contributed by atoms with E-state index in [4.69, 9.17) is 4.84 Å². The molecule has 1 saturated heterocycles. The van der Waals surface area contributed by atoms with Crippen molar-refractivity contribution in [3.63, 3.8) is 0 Å². The van der Waals surface area contributed by atoms with Gasteiger partial charge in [-0.1, -0.05) is 0 Å². The first-order valence-electron chi connectivity index (χ1n) is 5.54. The summed E-state index contributed by atoms with van der Waals surface area (Å²) in [5, 5.41) is 1.60. The molecule has 0 spiro atoms. The molecular formula is C10H19N2O4S-. The summed E-state index contributed by atoms with van der Waals surface area (Å²) in [6.45, 7) is 7.65. The minimum atomic E-state index is -2.05. The third-order valence-corrected chi connectivity index (χ3v) is 3.02. The van der Waals surface area contributed by atoms with Gasteiger partial charge in [0.1, 0.15) is 0 Å². The Hall–Kier alpha value is -0.500. The van der Waals surface area contributed by atoms with Crippen LogP contribution in [0.25, 0.3) is 0 Å². The summed E-state index contributed by atoms with van der Waals surface area (Å²) >= 11 is -2.05. The van der Waals surface area contributed by atoms with Crippen LogP contribution in [0.1, 0.15) is 20.8 Å². The molecule has 6 nitrogen and oxygen atoms in total. The van der Waals surface area contributed by atoms with Crippen molar-refractivity contribution in [3.8, 4) is 0 Å². The number of rotatable bonds is 3. The quantitative estimate of drug-likeness (QED) is 0.664. The van der Waals surface area contributed by atoms with Crippen molar-refractivity contribution in [1.82, 2.24) is 9.96 Å². The Labute approximate surface area is 104 Å². The van der Waals surface area contributed by atoms with Gasteiger partial charge in [-0.25, -0.2) is 4.79 Å². The van der Waals surface area contributed by atoms with Crippen LogP contribution in [0.15, 0.2) is 0 Å². The van der Waals surface area contributed by atoms with Crippen molar-refractivity contribution < 1.29 is 18.4 Å². The van der Waals surface area contributed by atoms with Gasteiger partial charge in [0, 0.05) is 26.2 Å². The average molecular weight is 263 g/mol. The molecule has 17 heavy (non-hydrogen) atoms. The van der Waals surface area contributed by atoms with E-state index >= 15 is 0 Å². The molecule has 100 valence electrons. The zero-order valence-electron chi connectivity index (χ0n) is 10.5. The average Bonchev–Trinajstić information content (AvgIpc) is 2.18. The first kappa shape index (κ1) is 14.6. The molecule has 0 aromatic heterocycles. The largest absolute Gasteiger partial charge is 0.771 e. The number of piperazine rings is 1. The van der Waals surface area contributed by atoms with Gasteiger partial charge < -0.3 is 9.39 Å². The summed E-state index contributed by atoms with van der Waals surface area (Å²) in [4.78, 5) is 18.6. The lowest BCUT2D eigenvalue weighted by molar-refractivity contribution is -0.206. The highest BCUT2D eigenvalue weighted by Crippen LogP contribution is 2.16. The molecule has 1 aliphatic rings. The van der Waals surface area contributed by atoms with Gasteiger partial charge in [0.2, 0.25) is 0 Å². The molecule has 0 bridgehead atoms. The highest BCUT2D eigenvalue weighted by Gasteiger charge is 2.27. The highest BCUT2D eigenvalue weighted by molar-refractivity contribution is 7.79. The molecule has 1 rings (SSSR count). The second kappa shape index (κ2) is 5.90. The SMILES string of the molecule is CC(C)(C)C(=O)ON1CCN(CS(=O)[O-])CC1. The minimum absolute atomic E-state index is 0.0427. The molecule has 1 unspecified atom stereocenters. The molecule has 0 aromatic rings. The zero-order valence-corrected chi connectivity index (χ0v) is 11.3. The van der Waals surface area contributed by atoms with E-state index in [1.165, 1.54) is 0 Å². The van der Waals surface area contributed by atoms with E-state index in [0.717, 1.165) is 0 Å². The number of carbonyl (C=O) groups is 1. The number of nitrogens with zero attached hydrogens (tertiary/aromatic N) is 2. The normalized spacial score (nSPS) is 21.2. The number of hydrogen-bond donors (Lipinski definition) is 0. The summed E-state index contributed by atoms with van der Waals surface area (Å²) in [7, 11) is 0. The van der Waals surface area contributed by atoms with Crippen molar-refractivity contribution in [3.05, 3.63) is 0 Å². The van der Waals surface area contributed by atoms with Gasteiger partial charge in [-0.15, -0.1) is 5.06 Å². The summed E-state index contributed by atoms with van der Waals surface area (Å²) in [6.07, 6.45) is 0. The number of hydrogen-bond acceptors (Lipinski definition) is 6. The Bertz CT molecular complexity index is 295. The molecule has 1 atom stereocenters. The Morgan fingerprint density at radius 1 is 1.29 bits per heavy atom. The van der Waals surface area contributed by atoms with Gasteiger partial charge in [-0.2, -0.15) is 0 Å². The molecule has 1 aliphatic heterocycles. The van der Waals surface area contributed by atoms with Crippen LogP contribution in [0.5, 0.6) is 0 Å². The van der Waals surface area contributed by atoms with E-state index in [9.17, 15) is 13.6 Å². The Morgan fingerprint density at radius 2 is 1.82 bits per heavy atom. The topological polar surface area (TPSA) is 72.9 Å². The van der Waals surface area contributed by atoms with Gasteiger partial charge >= 0.3 is 5.97 Å². The van der Waals surface area contributed by atoms with Gasteiger partial charge in [0.05, 0.1) is 11.3 Å². The van der Waals surface area contributed by atoms with Crippen LogP contribution in [0.4, 0.5) is 0 Å². The van der Waals surface area contributed by atoms with Crippen LogP contribution >= 0.6 is 0 Å². The number of carbonyl (C=O) groups excluding carboxylic acids is 1. The molecule has 0 radical (unpaired) electrons. The highest BCUT2D eigenvalue weighted by atomic mass is 32.2. The summed E-state index contributed by atoms with van der Waals surface area (Å²) in [5.41, 5.74) is -0.520. The van der Waals surface area contributed by atoms with Crippen LogP contribution in [-0.2, 0) is 20.7 Å². The molecule has 0 saturated carbocycles. The van der Waals surface area contributed by atoms with E-state index in [2.05, 4.69) is 0 Å². The predicted octanol–water partition coefficient (Wildman–Crippen LogP) is -0.0551. The van der Waals surface area contributed by atoms with Crippen molar-refractivity contribution >= 4 is 17.0 Å². The standard InChI is InChI=1S/C10H20N2O4S/c1-10(2,3)9(13)16-12-6-4-11(5-7-12)8-17(14)15/h4-8H2,1-3H3,(H,14,15)/p-1. The van der Waals surface area contributed by atoms with E-state index in [1.54, 1.807) is 25.8 Å². The molecule has 7 heteroatoms. The molecule has 1 fully saturated rings. The molecule has 1 heterocycles. The number of hydroxylamine groups is 2. The van der Waals surface area contributed by atoms with Crippen molar-refractivity contribution in [2.24, 2.45) is 5.41 Å². The third kappa shape index (κ3) is 5.12. The monoisotopic (exact) mass is 263 g/mol. The van der Waals surface area contributed by atoms with Crippen LogP contribution in [0, 0.1) is 5.41 Å². The molecule has 0 amide bonds. The summed E-state index contributed by atoms with van der Waals surface area (Å²) in [6, 6.07) is 0. The van der Waals surface area contributed by atoms with Gasteiger partial charge in [-0.05, 0) is 31.9 Å². The third-order valence-electron chi connectivity index (χ3n) is 2.44.